The van der Waals surface area contributed by atoms with Gasteiger partial charge in [0.1, 0.15) is 0 Å². The molecule has 4 aliphatic carbocycles. The quantitative estimate of drug-likeness (QED) is 0.326. The minimum atomic E-state index is 0.237. The molecule has 0 saturated heterocycles. The molecule has 0 spiro atoms. The van der Waals surface area contributed by atoms with Gasteiger partial charge in [-0.15, -0.1) is 11.8 Å². The molecule has 0 heterocycles. The third-order valence-corrected chi connectivity index (χ3v) is 13.2. The van der Waals surface area contributed by atoms with E-state index in [1.807, 2.05) is 11.8 Å². The highest BCUT2D eigenvalue weighted by Gasteiger charge is 2.47. The Morgan fingerprint density at radius 2 is 1.14 bits per heavy atom. The standard InChI is InChI=1S/C25H44S3/c1-3-28-24-16-23(17-25(24,26)27-2)22-14-12-21(13-15-22)20-10-8-19(9-11-20)18-6-4-5-7-18/h18-24,26H,3-17H2,1-2H3. The zero-order valence-electron chi connectivity index (χ0n) is 18.4. The summed E-state index contributed by atoms with van der Waals surface area (Å²) in [4.78, 5) is 0. The third kappa shape index (κ3) is 4.93. The lowest BCUT2D eigenvalue weighted by Gasteiger charge is -2.40. The molecule has 4 fully saturated rings. The SMILES string of the molecule is CCSC1CC(C2CCC(C3CCC(C4CCCC4)CC3)CC2)CC1(S)SC. The summed E-state index contributed by atoms with van der Waals surface area (Å²) >= 11 is 9.38. The van der Waals surface area contributed by atoms with Gasteiger partial charge in [0, 0.05) is 5.25 Å². The predicted molar refractivity (Wildman–Crippen MR) is 133 cm³/mol. The minimum Gasteiger partial charge on any atom is -0.160 e. The maximum atomic E-state index is 5.18. The Morgan fingerprint density at radius 1 is 0.714 bits per heavy atom. The highest BCUT2D eigenvalue weighted by atomic mass is 32.2. The number of thiol groups is 1. The molecule has 0 aromatic heterocycles. The van der Waals surface area contributed by atoms with Crippen LogP contribution in [0.3, 0.4) is 0 Å². The average Bonchev–Trinajstić information content (AvgIpc) is 3.38. The van der Waals surface area contributed by atoms with Gasteiger partial charge in [-0.05, 0) is 112 Å². The van der Waals surface area contributed by atoms with Crippen molar-refractivity contribution in [2.24, 2.45) is 35.5 Å². The Kier molecular flexibility index (Phi) is 8.04. The summed E-state index contributed by atoms with van der Waals surface area (Å²) in [6.07, 6.45) is 23.7. The fourth-order valence-corrected chi connectivity index (χ4v) is 10.6. The van der Waals surface area contributed by atoms with Crippen molar-refractivity contribution in [1.29, 1.82) is 0 Å². The van der Waals surface area contributed by atoms with Crippen LogP contribution >= 0.6 is 36.2 Å². The normalized spacial score (nSPS) is 45.5. The van der Waals surface area contributed by atoms with Gasteiger partial charge < -0.3 is 0 Å². The number of hydrogen-bond donors (Lipinski definition) is 1. The van der Waals surface area contributed by atoms with E-state index in [0.717, 1.165) is 40.8 Å². The first-order valence-corrected chi connectivity index (χ1v) is 15.2. The van der Waals surface area contributed by atoms with E-state index in [9.17, 15) is 0 Å². The minimum absolute atomic E-state index is 0.237. The monoisotopic (exact) mass is 440 g/mol. The van der Waals surface area contributed by atoms with Crippen molar-refractivity contribution in [3.63, 3.8) is 0 Å². The Balaban J connectivity index is 1.23. The van der Waals surface area contributed by atoms with Gasteiger partial charge in [-0.3, -0.25) is 0 Å². The maximum absolute atomic E-state index is 5.18. The molecule has 3 atom stereocenters. The van der Waals surface area contributed by atoms with Crippen molar-refractivity contribution in [2.75, 3.05) is 12.0 Å². The topological polar surface area (TPSA) is 0 Å². The van der Waals surface area contributed by atoms with Crippen LogP contribution in [0, 0.1) is 35.5 Å². The fraction of sp³-hybridized carbons (Fsp3) is 1.00. The number of hydrogen-bond acceptors (Lipinski definition) is 3. The van der Waals surface area contributed by atoms with Gasteiger partial charge in [0.25, 0.3) is 0 Å². The lowest BCUT2D eigenvalue weighted by atomic mass is 9.66. The van der Waals surface area contributed by atoms with Crippen LogP contribution in [0.25, 0.3) is 0 Å². The van der Waals surface area contributed by atoms with E-state index < -0.39 is 0 Å². The van der Waals surface area contributed by atoms with Crippen LogP contribution in [0.15, 0.2) is 0 Å². The van der Waals surface area contributed by atoms with Crippen LogP contribution in [-0.4, -0.2) is 21.3 Å². The maximum Gasteiger partial charge on any atom is 0.0699 e. The molecular formula is C25H44S3. The van der Waals surface area contributed by atoms with Crippen LogP contribution in [-0.2, 0) is 0 Å². The van der Waals surface area contributed by atoms with Crippen molar-refractivity contribution in [1.82, 2.24) is 0 Å². The Bertz CT molecular complexity index is 472. The van der Waals surface area contributed by atoms with Crippen LogP contribution in [0.5, 0.6) is 0 Å². The molecule has 0 aromatic carbocycles. The van der Waals surface area contributed by atoms with E-state index in [-0.39, 0.29) is 4.08 Å². The van der Waals surface area contributed by atoms with Gasteiger partial charge in [0.15, 0.2) is 0 Å². The van der Waals surface area contributed by atoms with Gasteiger partial charge in [-0.1, -0.05) is 32.6 Å². The molecule has 4 rings (SSSR count). The van der Waals surface area contributed by atoms with Crippen molar-refractivity contribution >= 4 is 36.2 Å². The first-order valence-electron chi connectivity index (χ1n) is 12.5. The number of thioether (sulfide) groups is 2. The molecule has 3 heteroatoms. The Hall–Kier alpha value is 1.05. The molecule has 4 aliphatic rings. The van der Waals surface area contributed by atoms with Crippen LogP contribution < -0.4 is 0 Å². The zero-order chi connectivity index (χ0) is 19.6. The van der Waals surface area contributed by atoms with Gasteiger partial charge in [-0.25, -0.2) is 0 Å². The second kappa shape index (κ2) is 10.1. The molecule has 3 unspecified atom stereocenters. The smallest absolute Gasteiger partial charge is 0.0699 e. The summed E-state index contributed by atoms with van der Waals surface area (Å²) in [6, 6.07) is 0. The first-order chi connectivity index (χ1) is 13.6. The lowest BCUT2D eigenvalue weighted by Crippen LogP contribution is -2.29. The summed E-state index contributed by atoms with van der Waals surface area (Å²) in [5.41, 5.74) is 0. The molecule has 0 amide bonds. The van der Waals surface area contributed by atoms with E-state index >= 15 is 0 Å². The van der Waals surface area contributed by atoms with Crippen molar-refractivity contribution < 1.29 is 0 Å². The third-order valence-electron chi connectivity index (χ3n) is 9.33. The average molecular weight is 441 g/mol. The highest BCUT2D eigenvalue weighted by molar-refractivity contribution is 8.13. The second-order valence-corrected chi connectivity index (χ2v) is 14.3. The molecule has 0 radical (unpaired) electrons. The highest BCUT2D eigenvalue weighted by Crippen LogP contribution is 2.56. The Morgan fingerprint density at radius 3 is 1.57 bits per heavy atom. The van der Waals surface area contributed by atoms with E-state index in [1.165, 1.54) is 44.3 Å². The second-order valence-electron chi connectivity index (χ2n) is 10.6. The summed E-state index contributed by atoms with van der Waals surface area (Å²) in [5.74, 6) is 7.59. The van der Waals surface area contributed by atoms with Gasteiger partial charge in [0.05, 0.1) is 4.08 Å². The molecule has 0 nitrogen and oxygen atoms in total. The van der Waals surface area contributed by atoms with Gasteiger partial charge in [0.2, 0.25) is 0 Å². The van der Waals surface area contributed by atoms with Crippen LogP contribution in [0.4, 0.5) is 0 Å². The lowest BCUT2D eigenvalue weighted by molar-refractivity contribution is 0.112. The van der Waals surface area contributed by atoms with E-state index in [1.54, 1.807) is 51.4 Å². The molecule has 4 saturated carbocycles. The number of rotatable bonds is 6. The predicted octanol–water partition coefficient (Wildman–Crippen LogP) is 8.31. The molecule has 0 N–H and O–H groups in total. The summed E-state index contributed by atoms with van der Waals surface area (Å²) in [7, 11) is 0. The molecule has 0 aliphatic heterocycles. The van der Waals surface area contributed by atoms with E-state index in [4.69, 9.17) is 12.6 Å². The Labute approximate surface area is 189 Å². The largest absolute Gasteiger partial charge is 0.160 e. The summed E-state index contributed by atoms with van der Waals surface area (Å²) in [6.45, 7) is 2.32. The summed E-state index contributed by atoms with van der Waals surface area (Å²) < 4.78 is 0.237. The molecule has 0 bridgehead atoms. The van der Waals surface area contributed by atoms with Crippen LogP contribution in [0.2, 0.25) is 0 Å². The van der Waals surface area contributed by atoms with Crippen molar-refractivity contribution in [2.45, 2.75) is 106 Å². The van der Waals surface area contributed by atoms with E-state index in [2.05, 4.69) is 24.9 Å². The first kappa shape index (κ1) is 22.3. The molecule has 28 heavy (non-hydrogen) atoms. The summed E-state index contributed by atoms with van der Waals surface area (Å²) in [5, 5.41) is 0.768. The molecule has 162 valence electrons. The van der Waals surface area contributed by atoms with Gasteiger partial charge in [-0.2, -0.15) is 24.4 Å². The van der Waals surface area contributed by atoms with E-state index in [0.29, 0.717) is 0 Å². The van der Waals surface area contributed by atoms with Crippen LogP contribution in [0.1, 0.15) is 96.8 Å². The fourth-order valence-electron chi connectivity index (χ4n) is 7.63. The van der Waals surface area contributed by atoms with Crippen molar-refractivity contribution in [3.05, 3.63) is 0 Å². The molecular weight excluding hydrogens is 396 g/mol. The molecule has 0 aromatic rings. The zero-order valence-corrected chi connectivity index (χ0v) is 20.9. The van der Waals surface area contributed by atoms with Gasteiger partial charge >= 0.3 is 0 Å². The van der Waals surface area contributed by atoms with Crippen molar-refractivity contribution in [3.8, 4) is 0 Å².